The van der Waals surface area contributed by atoms with Gasteiger partial charge in [-0.3, -0.25) is 4.79 Å². The fraction of sp³-hybridized carbons (Fsp3) is 0.208. The molecule has 0 amide bonds. The summed E-state index contributed by atoms with van der Waals surface area (Å²) in [5, 5.41) is 2.54. The van der Waals surface area contributed by atoms with E-state index in [1.54, 1.807) is 0 Å². The number of fused-ring (bicyclic) bond motifs is 1. The van der Waals surface area contributed by atoms with Crippen LogP contribution in [-0.4, -0.2) is 11.4 Å². The molecule has 1 unspecified atom stereocenters. The fourth-order valence-electron chi connectivity index (χ4n) is 3.88. The van der Waals surface area contributed by atoms with Crippen LogP contribution in [0.15, 0.2) is 77.3 Å². The van der Waals surface area contributed by atoms with E-state index in [0.29, 0.717) is 11.7 Å². The Kier molecular flexibility index (Phi) is 5.30. The Bertz CT molecular complexity index is 927. The number of ketones is 1. The highest BCUT2D eigenvalue weighted by molar-refractivity contribution is 9.10. The van der Waals surface area contributed by atoms with E-state index < -0.39 is 7.92 Å². The number of carbonyl (C=O) groups excluding carboxylic acids is 1. The smallest absolute Gasteiger partial charge is 0.171 e. The van der Waals surface area contributed by atoms with Crippen LogP contribution in [0.2, 0.25) is 0 Å². The maximum absolute atomic E-state index is 13.4. The molecule has 4 rings (SSSR count). The summed E-state index contributed by atoms with van der Waals surface area (Å²) in [6, 6.07) is 25.2. The lowest BCUT2D eigenvalue weighted by Crippen LogP contribution is -2.26. The molecule has 1 aliphatic carbocycles. The summed E-state index contributed by atoms with van der Waals surface area (Å²) in [6.07, 6.45) is 0.810. The van der Waals surface area contributed by atoms with Gasteiger partial charge in [0.2, 0.25) is 0 Å². The van der Waals surface area contributed by atoms with Crippen LogP contribution in [0.4, 0.5) is 0 Å². The first-order chi connectivity index (χ1) is 13.1. The molecule has 3 aromatic rings. The third-order valence-corrected chi connectivity index (χ3v) is 8.93. The maximum Gasteiger partial charge on any atom is 0.171 e. The first-order valence-corrected chi connectivity index (χ1v) is 11.5. The van der Waals surface area contributed by atoms with Gasteiger partial charge < -0.3 is 0 Å². The highest BCUT2D eigenvalue weighted by Crippen LogP contribution is 2.48. The van der Waals surface area contributed by atoms with Crippen LogP contribution in [-0.2, 0) is 6.42 Å². The van der Waals surface area contributed by atoms with E-state index in [2.05, 4.69) is 84.4 Å². The Morgan fingerprint density at radius 1 is 0.889 bits per heavy atom. The largest absolute Gasteiger partial charge is 0.293 e. The molecule has 0 saturated heterocycles. The minimum atomic E-state index is -0.745. The maximum atomic E-state index is 13.4. The Balaban J connectivity index is 1.80. The van der Waals surface area contributed by atoms with Crippen LogP contribution in [0.5, 0.6) is 0 Å². The number of carbonyl (C=O) groups is 1. The molecule has 0 bridgehead atoms. The molecule has 1 atom stereocenters. The summed E-state index contributed by atoms with van der Waals surface area (Å²) >= 11 is 3.80. The van der Waals surface area contributed by atoms with Crippen molar-refractivity contribution in [1.29, 1.82) is 0 Å². The van der Waals surface area contributed by atoms with Gasteiger partial charge in [0.1, 0.15) is 0 Å². The third kappa shape index (κ3) is 3.42. The molecule has 0 saturated carbocycles. The average molecular weight is 437 g/mol. The van der Waals surface area contributed by atoms with Gasteiger partial charge >= 0.3 is 0 Å². The van der Waals surface area contributed by atoms with Crippen LogP contribution >= 0.6 is 23.9 Å². The molecule has 1 aliphatic rings. The number of halogens is 1. The van der Waals surface area contributed by atoms with Gasteiger partial charge in [-0.1, -0.05) is 103 Å². The van der Waals surface area contributed by atoms with E-state index >= 15 is 0 Å². The lowest BCUT2D eigenvalue weighted by molar-refractivity contribution is 0.0999. The van der Waals surface area contributed by atoms with Crippen molar-refractivity contribution in [2.75, 3.05) is 0 Å². The standard InChI is InChI=1S/C24H22BrOP/c1-16(2)19-13-14-20-21(23(19)25)15-22(24(20)26)27(17-9-5-3-6-10-17)18-11-7-4-8-12-18/h3-14,16,22H,15H2,1-2H3. The van der Waals surface area contributed by atoms with E-state index in [4.69, 9.17) is 0 Å². The molecule has 0 radical (unpaired) electrons. The van der Waals surface area contributed by atoms with Gasteiger partial charge in [-0.15, -0.1) is 0 Å². The Morgan fingerprint density at radius 2 is 1.44 bits per heavy atom. The molecule has 3 aromatic carbocycles. The summed E-state index contributed by atoms with van der Waals surface area (Å²) in [7, 11) is -0.745. The van der Waals surface area contributed by atoms with Crippen molar-refractivity contribution in [2.45, 2.75) is 31.8 Å². The van der Waals surface area contributed by atoms with Crippen molar-refractivity contribution in [2.24, 2.45) is 0 Å². The quantitative estimate of drug-likeness (QED) is 0.471. The van der Waals surface area contributed by atoms with Gasteiger partial charge in [-0.25, -0.2) is 0 Å². The second kappa shape index (κ2) is 7.70. The average Bonchev–Trinajstić information content (AvgIpc) is 3.01. The first-order valence-electron chi connectivity index (χ1n) is 9.32. The minimum absolute atomic E-state index is 0.00138. The van der Waals surface area contributed by atoms with Crippen LogP contribution in [0.3, 0.4) is 0 Å². The molecular formula is C24H22BrOP. The topological polar surface area (TPSA) is 17.1 Å². The van der Waals surface area contributed by atoms with Crippen molar-refractivity contribution >= 4 is 40.2 Å². The molecule has 0 N–H and O–H groups in total. The zero-order chi connectivity index (χ0) is 19.0. The molecule has 0 aliphatic heterocycles. The van der Waals surface area contributed by atoms with Gasteiger partial charge in [0, 0.05) is 10.0 Å². The Hall–Kier alpha value is -1.76. The molecule has 0 heterocycles. The number of hydrogen-bond donors (Lipinski definition) is 0. The Morgan fingerprint density at radius 3 is 1.96 bits per heavy atom. The SMILES string of the molecule is CC(C)c1ccc2c(c1Br)CC(P(c1ccccc1)c1ccccc1)C2=O. The molecule has 136 valence electrons. The molecular weight excluding hydrogens is 415 g/mol. The number of hydrogen-bond acceptors (Lipinski definition) is 1. The van der Waals surface area contributed by atoms with E-state index in [1.165, 1.54) is 21.7 Å². The lowest BCUT2D eigenvalue weighted by atomic mass is 9.98. The summed E-state index contributed by atoms with van der Waals surface area (Å²) in [6.45, 7) is 4.39. The molecule has 0 spiro atoms. The van der Waals surface area contributed by atoms with E-state index in [0.717, 1.165) is 16.5 Å². The van der Waals surface area contributed by atoms with Crippen LogP contribution in [0, 0.1) is 0 Å². The van der Waals surface area contributed by atoms with Crippen molar-refractivity contribution in [3.63, 3.8) is 0 Å². The van der Waals surface area contributed by atoms with Crippen molar-refractivity contribution < 1.29 is 4.79 Å². The summed E-state index contributed by atoms with van der Waals surface area (Å²) in [5.41, 5.74) is 3.37. The van der Waals surface area contributed by atoms with Crippen LogP contribution in [0.1, 0.15) is 41.3 Å². The second-order valence-corrected chi connectivity index (χ2v) is 10.5. The summed E-state index contributed by atoms with van der Waals surface area (Å²) in [5.74, 6) is 0.725. The van der Waals surface area contributed by atoms with E-state index in [9.17, 15) is 4.79 Å². The summed E-state index contributed by atoms with van der Waals surface area (Å²) in [4.78, 5) is 13.4. The number of Topliss-reactive ketones (excluding diaryl/α,β-unsaturated/α-hetero) is 1. The highest BCUT2D eigenvalue weighted by Gasteiger charge is 2.39. The van der Waals surface area contributed by atoms with E-state index in [-0.39, 0.29) is 5.66 Å². The van der Waals surface area contributed by atoms with Crippen molar-refractivity contribution in [1.82, 2.24) is 0 Å². The van der Waals surface area contributed by atoms with Crippen molar-refractivity contribution in [3.8, 4) is 0 Å². The lowest BCUT2D eigenvalue weighted by Gasteiger charge is -2.24. The zero-order valence-corrected chi connectivity index (χ0v) is 18.0. The van der Waals surface area contributed by atoms with Crippen LogP contribution in [0.25, 0.3) is 0 Å². The predicted molar refractivity (Wildman–Crippen MR) is 119 cm³/mol. The van der Waals surface area contributed by atoms with Gasteiger partial charge in [0.15, 0.2) is 5.78 Å². The Labute approximate surface area is 170 Å². The number of rotatable bonds is 4. The molecule has 1 nitrogen and oxygen atoms in total. The minimum Gasteiger partial charge on any atom is -0.293 e. The summed E-state index contributed by atoms with van der Waals surface area (Å²) < 4.78 is 1.13. The normalized spacial score (nSPS) is 16.2. The third-order valence-electron chi connectivity index (χ3n) is 5.24. The zero-order valence-electron chi connectivity index (χ0n) is 15.5. The monoisotopic (exact) mass is 436 g/mol. The molecule has 3 heteroatoms. The van der Waals surface area contributed by atoms with Gasteiger partial charge in [0.25, 0.3) is 0 Å². The van der Waals surface area contributed by atoms with Gasteiger partial charge in [0.05, 0.1) is 5.66 Å². The van der Waals surface area contributed by atoms with E-state index in [1.807, 2.05) is 18.2 Å². The highest BCUT2D eigenvalue weighted by atomic mass is 79.9. The molecule has 27 heavy (non-hydrogen) atoms. The van der Waals surface area contributed by atoms with Crippen LogP contribution < -0.4 is 10.6 Å². The molecule has 0 fully saturated rings. The van der Waals surface area contributed by atoms with Crippen molar-refractivity contribution in [3.05, 3.63) is 94.0 Å². The van der Waals surface area contributed by atoms with Gasteiger partial charge in [-0.2, -0.15) is 0 Å². The van der Waals surface area contributed by atoms with Gasteiger partial charge in [-0.05, 0) is 42.0 Å². The number of benzene rings is 3. The fourth-order valence-corrected chi connectivity index (χ4v) is 7.58. The predicted octanol–water partition coefficient (Wildman–Crippen LogP) is 5.81. The first kappa shape index (κ1) is 18.6. The molecule has 0 aromatic heterocycles. The second-order valence-electron chi connectivity index (χ2n) is 7.27.